The Balaban J connectivity index is 2.40. The highest BCUT2D eigenvalue weighted by Crippen LogP contribution is 2.13. The number of H-pyrrole nitrogens is 1. The Morgan fingerprint density at radius 2 is 2.38 bits per heavy atom. The Kier molecular flexibility index (Phi) is 2.69. The molecule has 82 valence electrons. The van der Waals surface area contributed by atoms with Gasteiger partial charge >= 0.3 is 6.03 Å². The van der Waals surface area contributed by atoms with Crippen molar-refractivity contribution >= 4 is 23.9 Å². The van der Waals surface area contributed by atoms with Crippen LogP contribution in [0.15, 0.2) is 30.5 Å². The van der Waals surface area contributed by atoms with E-state index in [4.69, 9.17) is 18.0 Å². The number of primary amides is 1. The van der Waals surface area contributed by atoms with Crippen LogP contribution in [0.5, 0.6) is 0 Å². The molecule has 0 fully saturated rings. The number of aromatic nitrogens is 3. The van der Waals surface area contributed by atoms with Gasteiger partial charge in [0.05, 0.1) is 11.9 Å². The molecule has 1 aromatic heterocycles. The van der Waals surface area contributed by atoms with E-state index in [1.165, 1.54) is 6.20 Å². The van der Waals surface area contributed by atoms with Crippen molar-refractivity contribution in [1.82, 2.24) is 15.0 Å². The molecule has 0 radical (unpaired) electrons. The fraction of sp³-hybridized carbons (Fsp3) is 0. The molecule has 2 rings (SSSR count). The molecular formula is C9H9N5OS. The second-order valence-corrected chi connectivity index (χ2v) is 3.49. The van der Waals surface area contributed by atoms with Crippen molar-refractivity contribution in [2.75, 3.05) is 5.32 Å². The predicted octanol–water partition coefficient (Wildman–Crippen LogP) is 1.42. The minimum Gasteiger partial charge on any atom is -0.351 e. The molecule has 0 aliphatic carbocycles. The topological polar surface area (TPSA) is 88.7 Å². The quantitative estimate of drug-likeness (QED) is 0.688. The number of nitrogens with two attached hydrogens (primary N) is 1. The minimum atomic E-state index is -0.606. The van der Waals surface area contributed by atoms with Crippen molar-refractivity contribution in [1.29, 1.82) is 0 Å². The van der Waals surface area contributed by atoms with Crippen LogP contribution in [0.1, 0.15) is 0 Å². The summed E-state index contributed by atoms with van der Waals surface area (Å²) in [6.07, 6.45) is 1.53. The summed E-state index contributed by atoms with van der Waals surface area (Å²) in [6.45, 7) is 0. The lowest BCUT2D eigenvalue weighted by Gasteiger charge is -2.05. The molecule has 0 bridgehead atoms. The van der Waals surface area contributed by atoms with Gasteiger partial charge in [-0.2, -0.15) is 5.10 Å². The van der Waals surface area contributed by atoms with Crippen LogP contribution in [0.25, 0.3) is 5.69 Å². The third kappa shape index (κ3) is 2.09. The molecule has 0 atom stereocenters. The highest BCUT2D eigenvalue weighted by Gasteiger charge is 2.01. The highest BCUT2D eigenvalue weighted by molar-refractivity contribution is 7.71. The molecule has 1 heterocycles. The summed E-state index contributed by atoms with van der Waals surface area (Å²) in [7, 11) is 0. The summed E-state index contributed by atoms with van der Waals surface area (Å²) in [5.74, 6) is 0. The zero-order valence-corrected chi connectivity index (χ0v) is 8.99. The molecule has 0 unspecified atom stereocenters. The molecule has 2 aromatic rings. The number of rotatable bonds is 2. The third-order valence-electron chi connectivity index (χ3n) is 1.93. The molecule has 6 nitrogen and oxygen atoms in total. The van der Waals surface area contributed by atoms with E-state index in [1.54, 1.807) is 22.9 Å². The van der Waals surface area contributed by atoms with Crippen molar-refractivity contribution in [2.24, 2.45) is 5.73 Å². The number of carbonyl (C=O) groups excluding carboxylic acids is 1. The number of hydrogen-bond acceptors (Lipinski definition) is 3. The van der Waals surface area contributed by atoms with Crippen molar-refractivity contribution < 1.29 is 4.79 Å². The number of nitrogens with zero attached hydrogens (tertiary/aromatic N) is 2. The number of amides is 2. The number of aromatic amines is 1. The first kappa shape index (κ1) is 10.4. The van der Waals surface area contributed by atoms with Gasteiger partial charge in [0, 0.05) is 5.69 Å². The normalized spacial score (nSPS) is 10.0. The molecule has 7 heteroatoms. The van der Waals surface area contributed by atoms with Crippen LogP contribution in [0, 0.1) is 4.64 Å². The van der Waals surface area contributed by atoms with E-state index in [2.05, 4.69) is 15.6 Å². The third-order valence-corrected chi connectivity index (χ3v) is 2.21. The minimum absolute atomic E-state index is 0.552. The van der Waals surface area contributed by atoms with Gasteiger partial charge in [-0.05, 0) is 18.2 Å². The second kappa shape index (κ2) is 4.15. The fourth-order valence-electron chi connectivity index (χ4n) is 1.30. The van der Waals surface area contributed by atoms with Crippen LogP contribution < -0.4 is 11.1 Å². The highest BCUT2D eigenvalue weighted by atomic mass is 32.1. The smallest absolute Gasteiger partial charge is 0.316 e. The van der Waals surface area contributed by atoms with Crippen LogP contribution >= 0.6 is 12.2 Å². The van der Waals surface area contributed by atoms with Gasteiger partial charge in [-0.1, -0.05) is 18.3 Å². The molecular weight excluding hydrogens is 226 g/mol. The summed E-state index contributed by atoms with van der Waals surface area (Å²) in [5, 5.41) is 9.02. The number of nitrogens with one attached hydrogen (secondary N) is 2. The largest absolute Gasteiger partial charge is 0.351 e. The fourth-order valence-corrected chi connectivity index (χ4v) is 1.50. The first-order valence-electron chi connectivity index (χ1n) is 4.46. The number of carbonyl (C=O) groups is 1. The molecule has 4 N–H and O–H groups in total. The zero-order chi connectivity index (χ0) is 11.5. The second-order valence-electron chi connectivity index (χ2n) is 3.07. The van der Waals surface area contributed by atoms with E-state index in [-0.39, 0.29) is 0 Å². The number of urea groups is 1. The van der Waals surface area contributed by atoms with E-state index in [0.717, 1.165) is 5.69 Å². The Hall–Kier alpha value is -2.15. The number of hydrogen-bond donors (Lipinski definition) is 3. The maximum absolute atomic E-state index is 10.7. The van der Waals surface area contributed by atoms with Crippen molar-refractivity contribution in [3.8, 4) is 5.69 Å². The van der Waals surface area contributed by atoms with E-state index in [1.807, 2.05) is 6.07 Å². The monoisotopic (exact) mass is 235 g/mol. The number of benzene rings is 1. The van der Waals surface area contributed by atoms with Crippen LogP contribution in [0.2, 0.25) is 0 Å². The summed E-state index contributed by atoms with van der Waals surface area (Å²) in [4.78, 5) is 10.7. The molecule has 2 amide bonds. The number of anilines is 1. The standard InChI is InChI=1S/C9H9N5OS/c10-9(15)12-6-2-1-3-7(4-6)14-8(16)5-11-13-14/h1-5,13H,(H3,10,12,15). The molecule has 0 saturated heterocycles. The van der Waals surface area contributed by atoms with Gasteiger partial charge < -0.3 is 11.1 Å². The van der Waals surface area contributed by atoms with Crippen LogP contribution in [-0.2, 0) is 0 Å². The van der Waals surface area contributed by atoms with Crippen molar-refractivity contribution in [3.63, 3.8) is 0 Å². The molecule has 0 aliphatic heterocycles. The SMILES string of the molecule is NC(=O)Nc1cccc(-n2[nH]ncc2=S)c1. The average Bonchev–Trinajstić information content (AvgIpc) is 2.64. The first-order valence-corrected chi connectivity index (χ1v) is 4.87. The van der Waals surface area contributed by atoms with Gasteiger partial charge in [-0.15, -0.1) is 0 Å². The lowest BCUT2D eigenvalue weighted by molar-refractivity contribution is 0.259. The van der Waals surface area contributed by atoms with Gasteiger partial charge in [-0.3, -0.25) is 0 Å². The van der Waals surface area contributed by atoms with Crippen LogP contribution in [0.4, 0.5) is 10.5 Å². The Morgan fingerprint density at radius 1 is 1.56 bits per heavy atom. The summed E-state index contributed by atoms with van der Waals surface area (Å²) in [5.41, 5.74) is 6.40. The maximum Gasteiger partial charge on any atom is 0.316 e. The Bertz CT molecular complexity index is 573. The molecule has 16 heavy (non-hydrogen) atoms. The zero-order valence-electron chi connectivity index (χ0n) is 8.18. The molecule has 0 aliphatic rings. The lowest BCUT2D eigenvalue weighted by atomic mass is 10.3. The summed E-state index contributed by atoms with van der Waals surface area (Å²) in [6, 6.07) is 6.47. The van der Waals surface area contributed by atoms with Crippen LogP contribution in [-0.4, -0.2) is 21.0 Å². The van der Waals surface area contributed by atoms with E-state index < -0.39 is 6.03 Å². The Labute approximate surface area is 96.1 Å². The van der Waals surface area contributed by atoms with Crippen molar-refractivity contribution in [3.05, 3.63) is 35.1 Å². The maximum atomic E-state index is 10.7. The average molecular weight is 235 g/mol. The summed E-state index contributed by atoms with van der Waals surface area (Å²) >= 11 is 5.06. The van der Waals surface area contributed by atoms with Gasteiger partial charge in [-0.25, -0.2) is 14.7 Å². The molecule has 1 aromatic carbocycles. The lowest BCUT2D eigenvalue weighted by Crippen LogP contribution is -2.19. The van der Waals surface area contributed by atoms with Crippen LogP contribution in [0.3, 0.4) is 0 Å². The van der Waals surface area contributed by atoms with E-state index in [0.29, 0.717) is 10.3 Å². The van der Waals surface area contributed by atoms with E-state index >= 15 is 0 Å². The van der Waals surface area contributed by atoms with Gasteiger partial charge in [0.25, 0.3) is 0 Å². The van der Waals surface area contributed by atoms with E-state index in [9.17, 15) is 4.79 Å². The van der Waals surface area contributed by atoms with Gasteiger partial charge in [0.15, 0.2) is 0 Å². The van der Waals surface area contributed by atoms with Gasteiger partial charge in [0.2, 0.25) is 0 Å². The van der Waals surface area contributed by atoms with Crippen molar-refractivity contribution in [2.45, 2.75) is 0 Å². The molecule has 0 spiro atoms. The predicted molar refractivity (Wildman–Crippen MR) is 62.0 cm³/mol. The summed E-state index contributed by atoms with van der Waals surface area (Å²) < 4.78 is 2.16. The molecule has 0 saturated carbocycles. The Morgan fingerprint density at radius 3 is 3.00 bits per heavy atom. The van der Waals surface area contributed by atoms with Gasteiger partial charge in [0.1, 0.15) is 4.64 Å². The first-order chi connectivity index (χ1) is 7.66.